The van der Waals surface area contributed by atoms with E-state index in [2.05, 4.69) is 0 Å². The van der Waals surface area contributed by atoms with Gasteiger partial charge in [-0.1, -0.05) is 37.5 Å². The molecule has 0 bridgehead atoms. The Hall–Kier alpha value is -2.24. The Kier molecular flexibility index (Phi) is 4.39. The molecule has 3 rings (SSSR count). The van der Waals surface area contributed by atoms with Crippen molar-refractivity contribution in [3.63, 3.8) is 0 Å². The Morgan fingerprint density at radius 1 is 1.21 bits per heavy atom. The molecule has 128 valence electrons. The Balaban J connectivity index is 2.03. The van der Waals surface area contributed by atoms with Crippen LogP contribution in [0, 0.1) is 5.82 Å². The molecule has 2 amide bonds. The highest BCUT2D eigenvalue weighted by Crippen LogP contribution is 2.43. The number of rotatable bonds is 4. The van der Waals surface area contributed by atoms with Crippen LogP contribution in [0.4, 0.5) is 4.39 Å². The van der Waals surface area contributed by atoms with Gasteiger partial charge < -0.3 is 5.11 Å². The van der Waals surface area contributed by atoms with Crippen LogP contribution in [0.5, 0.6) is 0 Å². The molecule has 1 saturated heterocycles. The van der Waals surface area contributed by atoms with Gasteiger partial charge in [-0.05, 0) is 18.9 Å². The van der Waals surface area contributed by atoms with Crippen molar-refractivity contribution in [1.82, 2.24) is 4.90 Å². The maximum atomic E-state index is 14.3. The number of carbonyl (C=O) groups is 3. The smallest absolute Gasteiger partial charge is 0.304 e. The summed E-state index contributed by atoms with van der Waals surface area (Å²) in [5.74, 6) is -2.82. The number of benzene rings is 1. The largest absolute Gasteiger partial charge is 0.481 e. The molecule has 1 unspecified atom stereocenters. The summed E-state index contributed by atoms with van der Waals surface area (Å²) in [4.78, 5) is 38.2. The number of hydrogen-bond acceptors (Lipinski definition) is 3. The van der Waals surface area contributed by atoms with Crippen LogP contribution in [-0.2, 0) is 19.8 Å². The summed E-state index contributed by atoms with van der Waals surface area (Å²) >= 11 is 0. The van der Waals surface area contributed by atoms with Crippen LogP contribution < -0.4 is 0 Å². The minimum absolute atomic E-state index is 0.00376. The third-order valence-corrected chi connectivity index (χ3v) is 5.13. The first-order chi connectivity index (χ1) is 11.5. The van der Waals surface area contributed by atoms with Gasteiger partial charge in [-0.2, -0.15) is 0 Å². The van der Waals surface area contributed by atoms with E-state index in [9.17, 15) is 23.9 Å². The standard InChI is InChI=1S/C18H20FNO4/c19-14-9-5-4-8-13(14)18(11-16(22)23)10-15(21)20(17(18)24)12-6-2-1-3-7-12/h4-5,8-9,12H,1-3,6-7,10-11H2,(H,22,23). The van der Waals surface area contributed by atoms with Gasteiger partial charge in [-0.25, -0.2) is 4.39 Å². The highest BCUT2D eigenvalue weighted by atomic mass is 19.1. The third-order valence-electron chi connectivity index (χ3n) is 5.13. The van der Waals surface area contributed by atoms with Gasteiger partial charge in [-0.3, -0.25) is 19.3 Å². The molecule has 1 atom stereocenters. The van der Waals surface area contributed by atoms with Crippen LogP contribution >= 0.6 is 0 Å². The fraction of sp³-hybridized carbons (Fsp3) is 0.500. The van der Waals surface area contributed by atoms with Gasteiger partial charge in [0.2, 0.25) is 11.8 Å². The van der Waals surface area contributed by atoms with Crippen molar-refractivity contribution in [1.29, 1.82) is 0 Å². The zero-order valence-electron chi connectivity index (χ0n) is 13.3. The molecule has 5 nitrogen and oxygen atoms in total. The second-order valence-electron chi connectivity index (χ2n) is 6.67. The molecule has 1 aliphatic carbocycles. The Morgan fingerprint density at radius 2 is 1.88 bits per heavy atom. The zero-order valence-corrected chi connectivity index (χ0v) is 13.3. The number of amides is 2. The Labute approximate surface area is 139 Å². The molecule has 1 aromatic carbocycles. The van der Waals surface area contributed by atoms with E-state index in [0.717, 1.165) is 32.1 Å². The van der Waals surface area contributed by atoms with E-state index >= 15 is 0 Å². The number of nitrogens with zero attached hydrogens (tertiary/aromatic N) is 1. The zero-order chi connectivity index (χ0) is 17.3. The Bertz CT molecular complexity index is 683. The number of hydrogen-bond donors (Lipinski definition) is 1. The van der Waals surface area contributed by atoms with Gasteiger partial charge in [0.1, 0.15) is 5.82 Å². The predicted octanol–water partition coefficient (Wildman–Crippen LogP) is 2.63. The van der Waals surface area contributed by atoms with Gasteiger partial charge in [0.05, 0.1) is 11.8 Å². The molecule has 1 saturated carbocycles. The molecular formula is C18H20FNO4. The summed E-state index contributed by atoms with van der Waals surface area (Å²) in [6.07, 6.45) is 3.55. The van der Waals surface area contributed by atoms with Crippen LogP contribution in [-0.4, -0.2) is 33.8 Å². The molecule has 6 heteroatoms. The maximum Gasteiger partial charge on any atom is 0.304 e. The number of likely N-dealkylation sites (tertiary alicyclic amines) is 1. The summed E-state index contributed by atoms with van der Waals surface area (Å²) in [5.41, 5.74) is -1.63. The summed E-state index contributed by atoms with van der Waals surface area (Å²) < 4.78 is 14.3. The molecule has 1 aromatic rings. The quantitative estimate of drug-likeness (QED) is 0.860. The molecule has 2 aliphatic rings. The summed E-state index contributed by atoms with van der Waals surface area (Å²) in [6, 6.07) is 5.45. The molecular weight excluding hydrogens is 313 g/mol. The van der Waals surface area contributed by atoms with Gasteiger partial charge in [0.25, 0.3) is 0 Å². The van der Waals surface area contributed by atoms with E-state index in [1.807, 2.05) is 0 Å². The van der Waals surface area contributed by atoms with E-state index in [1.165, 1.54) is 23.1 Å². The van der Waals surface area contributed by atoms with Crippen molar-refractivity contribution in [2.45, 2.75) is 56.4 Å². The van der Waals surface area contributed by atoms with E-state index < -0.39 is 35.4 Å². The third kappa shape index (κ3) is 2.70. The highest BCUT2D eigenvalue weighted by molar-refractivity contribution is 6.10. The minimum Gasteiger partial charge on any atom is -0.481 e. The van der Waals surface area contributed by atoms with Crippen molar-refractivity contribution in [2.75, 3.05) is 0 Å². The monoisotopic (exact) mass is 333 g/mol. The molecule has 0 aromatic heterocycles. The maximum absolute atomic E-state index is 14.3. The lowest BCUT2D eigenvalue weighted by Crippen LogP contribution is -2.45. The fourth-order valence-electron chi connectivity index (χ4n) is 4.02. The van der Waals surface area contributed by atoms with E-state index in [4.69, 9.17) is 0 Å². The molecule has 1 N–H and O–H groups in total. The lowest BCUT2D eigenvalue weighted by atomic mass is 9.75. The lowest BCUT2D eigenvalue weighted by molar-refractivity contribution is -0.147. The lowest BCUT2D eigenvalue weighted by Gasteiger charge is -2.32. The second kappa shape index (κ2) is 6.34. The van der Waals surface area contributed by atoms with E-state index in [0.29, 0.717) is 0 Å². The number of carboxylic acid groups (broad SMARTS) is 1. The Morgan fingerprint density at radius 3 is 2.50 bits per heavy atom. The van der Waals surface area contributed by atoms with Crippen LogP contribution in [0.25, 0.3) is 0 Å². The van der Waals surface area contributed by atoms with Gasteiger partial charge in [0.15, 0.2) is 0 Å². The SMILES string of the molecule is O=C(O)CC1(c2ccccc2F)CC(=O)N(C2CCCCC2)C1=O. The average molecular weight is 333 g/mol. The van der Waals surface area contributed by atoms with Crippen molar-refractivity contribution >= 4 is 17.8 Å². The predicted molar refractivity (Wildman–Crippen MR) is 83.7 cm³/mol. The van der Waals surface area contributed by atoms with Crippen molar-refractivity contribution in [2.24, 2.45) is 0 Å². The summed E-state index contributed by atoms with van der Waals surface area (Å²) in [6.45, 7) is 0. The molecule has 0 radical (unpaired) electrons. The summed E-state index contributed by atoms with van der Waals surface area (Å²) in [7, 11) is 0. The van der Waals surface area contributed by atoms with Crippen molar-refractivity contribution in [3.05, 3.63) is 35.6 Å². The molecule has 0 spiro atoms. The van der Waals surface area contributed by atoms with E-state index in [1.54, 1.807) is 6.07 Å². The van der Waals surface area contributed by atoms with Crippen molar-refractivity contribution < 1.29 is 23.9 Å². The second-order valence-corrected chi connectivity index (χ2v) is 6.67. The number of aliphatic carboxylic acids is 1. The van der Waals surface area contributed by atoms with Crippen molar-refractivity contribution in [3.8, 4) is 0 Å². The summed E-state index contributed by atoms with van der Waals surface area (Å²) in [5, 5.41) is 9.29. The normalized spacial score (nSPS) is 25.3. The first-order valence-corrected chi connectivity index (χ1v) is 8.29. The minimum atomic E-state index is -1.63. The average Bonchev–Trinajstić information content (AvgIpc) is 2.79. The van der Waals surface area contributed by atoms with Gasteiger partial charge in [0, 0.05) is 18.0 Å². The first-order valence-electron chi connectivity index (χ1n) is 8.29. The highest BCUT2D eigenvalue weighted by Gasteiger charge is 2.56. The first kappa shape index (κ1) is 16.6. The van der Waals surface area contributed by atoms with Crippen LogP contribution in [0.1, 0.15) is 50.5 Å². The van der Waals surface area contributed by atoms with Crippen LogP contribution in [0.15, 0.2) is 24.3 Å². The van der Waals surface area contributed by atoms with Gasteiger partial charge in [-0.15, -0.1) is 0 Å². The number of halogens is 1. The molecule has 1 heterocycles. The van der Waals surface area contributed by atoms with Crippen LogP contribution in [0.2, 0.25) is 0 Å². The van der Waals surface area contributed by atoms with Crippen LogP contribution in [0.3, 0.4) is 0 Å². The van der Waals surface area contributed by atoms with E-state index in [-0.39, 0.29) is 18.0 Å². The fourth-order valence-corrected chi connectivity index (χ4v) is 4.02. The number of carboxylic acids is 1. The topological polar surface area (TPSA) is 74.7 Å². The number of imide groups is 1. The molecule has 2 fully saturated rings. The van der Waals surface area contributed by atoms with Gasteiger partial charge >= 0.3 is 5.97 Å². The number of carbonyl (C=O) groups excluding carboxylic acids is 2. The molecule has 1 aliphatic heterocycles. The molecule has 24 heavy (non-hydrogen) atoms.